The molecule has 0 aliphatic heterocycles. The molecule has 4 nitrogen and oxygen atoms in total. The summed E-state index contributed by atoms with van der Waals surface area (Å²) in [4.78, 5) is 11.5. The number of phenols is 1. The van der Waals surface area contributed by atoms with Gasteiger partial charge in [-0.05, 0) is 49.9 Å². The van der Waals surface area contributed by atoms with E-state index >= 15 is 0 Å². The van der Waals surface area contributed by atoms with Crippen molar-refractivity contribution < 1.29 is 9.90 Å². The molecule has 1 aliphatic rings. The molecule has 0 bridgehead atoms. The largest absolute Gasteiger partial charge is 0.508 e. The third-order valence-corrected chi connectivity index (χ3v) is 2.90. The molecule has 0 aromatic heterocycles. The number of hydrogen-bond acceptors (Lipinski definition) is 2. The molecule has 1 aromatic rings. The quantitative estimate of drug-likeness (QED) is 0.670. The minimum absolute atomic E-state index is 0.171. The van der Waals surface area contributed by atoms with Crippen LogP contribution in [0.5, 0.6) is 5.75 Å². The number of urea groups is 1. The Morgan fingerprint density at radius 2 is 2.19 bits per heavy atom. The van der Waals surface area contributed by atoms with Crippen LogP contribution in [-0.2, 0) is 0 Å². The van der Waals surface area contributed by atoms with Crippen molar-refractivity contribution in [3.63, 3.8) is 0 Å². The van der Waals surface area contributed by atoms with E-state index in [2.05, 4.69) is 10.6 Å². The summed E-state index contributed by atoms with van der Waals surface area (Å²) in [5.74, 6) is 0.241. The molecule has 4 heteroatoms. The molecule has 16 heavy (non-hydrogen) atoms. The predicted molar refractivity (Wildman–Crippen MR) is 62.6 cm³/mol. The Hall–Kier alpha value is -1.71. The molecule has 0 unspecified atom stereocenters. The van der Waals surface area contributed by atoms with Crippen LogP contribution in [0.4, 0.5) is 10.5 Å². The Bertz CT molecular complexity index is 400. The summed E-state index contributed by atoms with van der Waals surface area (Å²) < 4.78 is 0. The molecule has 2 rings (SSSR count). The van der Waals surface area contributed by atoms with E-state index in [4.69, 9.17) is 0 Å². The third kappa shape index (κ3) is 2.45. The van der Waals surface area contributed by atoms with Crippen molar-refractivity contribution in [1.82, 2.24) is 5.32 Å². The van der Waals surface area contributed by atoms with E-state index in [1.165, 1.54) is 6.42 Å². The molecular weight excluding hydrogens is 204 g/mol. The Morgan fingerprint density at radius 3 is 2.75 bits per heavy atom. The van der Waals surface area contributed by atoms with Crippen LogP contribution in [0.1, 0.15) is 24.8 Å². The summed E-state index contributed by atoms with van der Waals surface area (Å²) in [6, 6.07) is 5.17. The molecule has 2 amide bonds. The van der Waals surface area contributed by atoms with Gasteiger partial charge in [0, 0.05) is 11.7 Å². The first kappa shape index (κ1) is 10.8. The maximum absolute atomic E-state index is 11.5. The number of amides is 2. The Labute approximate surface area is 94.7 Å². The molecule has 0 saturated heterocycles. The summed E-state index contributed by atoms with van der Waals surface area (Å²) in [6.07, 6.45) is 3.34. The standard InChI is InChI=1S/C12H16N2O2/c1-8-7-10(5-6-11(8)15)14-12(16)13-9-3-2-4-9/h5-7,9,15H,2-4H2,1H3,(H2,13,14,16). The van der Waals surface area contributed by atoms with Gasteiger partial charge in [0.2, 0.25) is 0 Å². The molecule has 0 spiro atoms. The lowest BCUT2D eigenvalue weighted by Gasteiger charge is -2.26. The average Bonchev–Trinajstić information content (AvgIpc) is 2.18. The van der Waals surface area contributed by atoms with Gasteiger partial charge in [-0.2, -0.15) is 0 Å². The molecule has 1 fully saturated rings. The third-order valence-electron chi connectivity index (χ3n) is 2.90. The van der Waals surface area contributed by atoms with Crippen LogP contribution in [0.3, 0.4) is 0 Å². The van der Waals surface area contributed by atoms with Gasteiger partial charge < -0.3 is 15.7 Å². The van der Waals surface area contributed by atoms with Gasteiger partial charge >= 0.3 is 6.03 Å². The summed E-state index contributed by atoms with van der Waals surface area (Å²) in [5, 5.41) is 15.0. The van der Waals surface area contributed by atoms with Crippen molar-refractivity contribution in [2.75, 3.05) is 5.32 Å². The summed E-state index contributed by atoms with van der Waals surface area (Å²) in [6.45, 7) is 1.80. The van der Waals surface area contributed by atoms with Crippen molar-refractivity contribution in [1.29, 1.82) is 0 Å². The van der Waals surface area contributed by atoms with Crippen LogP contribution < -0.4 is 10.6 Å². The maximum atomic E-state index is 11.5. The average molecular weight is 220 g/mol. The lowest BCUT2D eigenvalue weighted by molar-refractivity contribution is 0.240. The SMILES string of the molecule is Cc1cc(NC(=O)NC2CCC2)ccc1O. The van der Waals surface area contributed by atoms with E-state index in [1.54, 1.807) is 25.1 Å². The van der Waals surface area contributed by atoms with E-state index < -0.39 is 0 Å². The van der Waals surface area contributed by atoms with Crippen molar-refractivity contribution in [2.45, 2.75) is 32.2 Å². The summed E-state index contributed by atoms with van der Waals surface area (Å²) in [5.41, 5.74) is 1.45. The highest BCUT2D eigenvalue weighted by molar-refractivity contribution is 5.89. The van der Waals surface area contributed by atoms with E-state index in [0.717, 1.165) is 18.4 Å². The Kier molecular flexibility index (Phi) is 2.99. The summed E-state index contributed by atoms with van der Waals surface area (Å²) >= 11 is 0. The molecule has 86 valence electrons. The van der Waals surface area contributed by atoms with Crippen LogP contribution in [0.25, 0.3) is 0 Å². The van der Waals surface area contributed by atoms with Crippen LogP contribution in [-0.4, -0.2) is 17.2 Å². The fourth-order valence-corrected chi connectivity index (χ4v) is 1.64. The van der Waals surface area contributed by atoms with Gasteiger partial charge in [0.25, 0.3) is 0 Å². The van der Waals surface area contributed by atoms with Gasteiger partial charge in [0.05, 0.1) is 0 Å². The first-order chi connectivity index (χ1) is 7.65. The van der Waals surface area contributed by atoms with Crippen LogP contribution in [0.15, 0.2) is 18.2 Å². The number of carbonyl (C=O) groups is 1. The molecular formula is C12H16N2O2. The first-order valence-electron chi connectivity index (χ1n) is 5.52. The van der Waals surface area contributed by atoms with E-state index in [1.807, 2.05) is 0 Å². The number of benzene rings is 1. The minimum Gasteiger partial charge on any atom is -0.508 e. The van der Waals surface area contributed by atoms with Crippen LogP contribution >= 0.6 is 0 Å². The zero-order valence-corrected chi connectivity index (χ0v) is 9.29. The molecule has 0 atom stereocenters. The number of anilines is 1. The van der Waals surface area contributed by atoms with E-state index in [9.17, 15) is 9.90 Å². The number of carbonyl (C=O) groups excluding carboxylic acids is 1. The van der Waals surface area contributed by atoms with E-state index in [-0.39, 0.29) is 11.8 Å². The smallest absolute Gasteiger partial charge is 0.319 e. The zero-order valence-electron chi connectivity index (χ0n) is 9.29. The van der Waals surface area contributed by atoms with Crippen molar-refractivity contribution >= 4 is 11.7 Å². The lowest BCUT2D eigenvalue weighted by Crippen LogP contribution is -2.41. The van der Waals surface area contributed by atoms with Gasteiger partial charge in [0.1, 0.15) is 5.75 Å². The minimum atomic E-state index is -0.171. The molecule has 1 aliphatic carbocycles. The Morgan fingerprint density at radius 1 is 1.44 bits per heavy atom. The monoisotopic (exact) mass is 220 g/mol. The van der Waals surface area contributed by atoms with Crippen molar-refractivity contribution in [2.24, 2.45) is 0 Å². The molecule has 1 saturated carbocycles. The molecule has 0 heterocycles. The van der Waals surface area contributed by atoms with Gasteiger partial charge in [0.15, 0.2) is 0 Å². The van der Waals surface area contributed by atoms with Crippen LogP contribution in [0, 0.1) is 6.92 Å². The molecule has 0 radical (unpaired) electrons. The number of nitrogens with one attached hydrogen (secondary N) is 2. The highest BCUT2D eigenvalue weighted by atomic mass is 16.3. The lowest BCUT2D eigenvalue weighted by atomic mass is 9.93. The fraction of sp³-hybridized carbons (Fsp3) is 0.417. The predicted octanol–water partition coefficient (Wildman–Crippen LogP) is 2.37. The fourth-order valence-electron chi connectivity index (χ4n) is 1.64. The zero-order chi connectivity index (χ0) is 11.5. The van der Waals surface area contributed by atoms with E-state index in [0.29, 0.717) is 11.7 Å². The van der Waals surface area contributed by atoms with Crippen molar-refractivity contribution in [3.05, 3.63) is 23.8 Å². The second-order valence-corrected chi connectivity index (χ2v) is 4.23. The topological polar surface area (TPSA) is 61.4 Å². The maximum Gasteiger partial charge on any atom is 0.319 e. The van der Waals surface area contributed by atoms with Gasteiger partial charge in [-0.25, -0.2) is 4.79 Å². The number of aromatic hydroxyl groups is 1. The highest BCUT2D eigenvalue weighted by Crippen LogP contribution is 2.21. The Balaban J connectivity index is 1.92. The second kappa shape index (κ2) is 4.43. The first-order valence-corrected chi connectivity index (χ1v) is 5.52. The molecule has 3 N–H and O–H groups in total. The summed E-state index contributed by atoms with van der Waals surface area (Å²) in [7, 11) is 0. The van der Waals surface area contributed by atoms with Gasteiger partial charge in [-0.3, -0.25) is 0 Å². The molecule has 1 aromatic carbocycles. The number of aryl methyl sites for hydroxylation is 1. The number of rotatable bonds is 2. The van der Waals surface area contributed by atoms with Gasteiger partial charge in [-0.1, -0.05) is 0 Å². The van der Waals surface area contributed by atoms with Crippen molar-refractivity contribution in [3.8, 4) is 5.75 Å². The second-order valence-electron chi connectivity index (χ2n) is 4.23. The highest BCUT2D eigenvalue weighted by Gasteiger charge is 2.19. The van der Waals surface area contributed by atoms with Crippen LogP contribution in [0.2, 0.25) is 0 Å². The normalized spacial score (nSPS) is 15.3. The van der Waals surface area contributed by atoms with Gasteiger partial charge in [-0.15, -0.1) is 0 Å². The number of hydrogen-bond donors (Lipinski definition) is 3. The number of phenolic OH excluding ortho intramolecular Hbond substituents is 1.